The summed E-state index contributed by atoms with van der Waals surface area (Å²) in [6, 6.07) is 15.3. The van der Waals surface area contributed by atoms with Gasteiger partial charge in [0, 0.05) is 23.5 Å². The second-order valence-corrected chi connectivity index (χ2v) is 7.72. The Kier molecular flexibility index (Phi) is 4.93. The van der Waals surface area contributed by atoms with Gasteiger partial charge in [0.2, 0.25) is 0 Å². The third kappa shape index (κ3) is 3.25. The van der Waals surface area contributed by atoms with Gasteiger partial charge in [-0.25, -0.2) is 4.98 Å². The normalized spacial score (nSPS) is 23.1. The summed E-state index contributed by atoms with van der Waals surface area (Å²) in [5.74, 6) is 0. The predicted octanol–water partition coefficient (Wildman–Crippen LogP) is 4.04. The lowest BCUT2D eigenvalue weighted by Gasteiger charge is -2.35. The Labute approximate surface area is 166 Å². The van der Waals surface area contributed by atoms with Crippen LogP contribution in [0.4, 0.5) is 0 Å². The van der Waals surface area contributed by atoms with Crippen LogP contribution in [0.2, 0.25) is 0 Å². The molecule has 0 bridgehead atoms. The molecule has 5 nitrogen and oxygen atoms in total. The lowest BCUT2D eigenvalue weighted by molar-refractivity contribution is 0.122. The van der Waals surface area contributed by atoms with Crippen LogP contribution >= 0.6 is 0 Å². The molecule has 0 saturated carbocycles. The van der Waals surface area contributed by atoms with E-state index in [0.29, 0.717) is 6.04 Å². The lowest BCUT2D eigenvalue weighted by atomic mass is 10.0. The van der Waals surface area contributed by atoms with Gasteiger partial charge in [-0.15, -0.1) is 0 Å². The zero-order valence-electron chi connectivity index (χ0n) is 16.1. The van der Waals surface area contributed by atoms with Gasteiger partial charge in [-0.3, -0.25) is 9.88 Å². The molecule has 28 heavy (non-hydrogen) atoms. The van der Waals surface area contributed by atoms with Crippen molar-refractivity contribution >= 4 is 0 Å². The van der Waals surface area contributed by atoms with Crippen LogP contribution in [-0.4, -0.2) is 51.8 Å². The minimum absolute atomic E-state index is 0.284. The van der Waals surface area contributed by atoms with Gasteiger partial charge in [-0.05, 0) is 38.1 Å². The van der Waals surface area contributed by atoms with Crippen molar-refractivity contribution in [2.75, 3.05) is 26.3 Å². The second kappa shape index (κ2) is 7.86. The standard InChI is InChI=1S/C23H26N4O/c1-3-7-18(8-4-1)22-23(19-9-11-24-12-10-19)27(17-25-22)21-16-28-15-20(21)26-13-5-2-6-14-26/h1,3-4,7-12,17,20-21H,2,5-6,13-16H2/t20-,21-/m0/s1. The minimum atomic E-state index is 0.284. The Morgan fingerprint density at radius 1 is 0.821 bits per heavy atom. The number of ether oxygens (including phenoxy) is 1. The van der Waals surface area contributed by atoms with Crippen molar-refractivity contribution in [2.24, 2.45) is 0 Å². The van der Waals surface area contributed by atoms with Crippen molar-refractivity contribution in [1.29, 1.82) is 0 Å². The first-order valence-corrected chi connectivity index (χ1v) is 10.3. The first-order chi connectivity index (χ1) is 13.9. The molecule has 0 amide bonds. The molecule has 2 fully saturated rings. The summed E-state index contributed by atoms with van der Waals surface area (Å²) < 4.78 is 8.33. The maximum absolute atomic E-state index is 5.98. The smallest absolute Gasteiger partial charge is 0.0963 e. The van der Waals surface area contributed by atoms with Gasteiger partial charge in [0.15, 0.2) is 0 Å². The topological polar surface area (TPSA) is 43.2 Å². The van der Waals surface area contributed by atoms with Gasteiger partial charge in [-0.1, -0.05) is 36.8 Å². The van der Waals surface area contributed by atoms with Crippen LogP contribution in [0.3, 0.4) is 0 Å². The lowest BCUT2D eigenvalue weighted by Crippen LogP contribution is -2.44. The maximum atomic E-state index is 5.98. The summed E-state index contributed by atoms with van der Waals surface area (Å²) in [5, 5.41) is 0. The summed E-state index contributed by atoms with van der Waals surface area (Å²) in [6.45, 7) is 3.90. The maximum Gasteiger partial charge on any atom is 0.0963 e. The fraction of sp³-hybridized carbons (Fsp3) is 0.391. The van der Waals surface area contributed by atoms with Crippen molar-refractivity contribution in [3.05, 3.63) is 61.2 Å². The molecule has 2 aromatic heterocycles. The van der Waals surface area contributed by atoms with Gasteiger partial charge in [0.1, 0.15) is 0 Å². The van der Waals surface area contributed by atoms with E-state index in [0.717, 1.165) is 35.7 Å². The third-order valence-corrected chi connectivity index (χ3v) is 6.03. The number of likely N-dealkylation sites (tertiary alicyclic amines) is 1. The van der Waals surface area contributed by atoms with Crippen LogP contribution in [-0.2, 0) is 4.74 Å². The van der Waals surface area contributed by atoms with Crippen LogP contribution in [0.1, 0.15) is 25.3 Å². The van der Waals surface area contributed by atoms with Crippen LogP contribution in [0.25, 0.3) is 22.5 Å². The van der Waals surface area contributed by atoms with E-state index in [2.05, 4.69) is 50.8 Å². The molecular weight excluding hydrogens is 348 g/mol. The number of benzene rings is 1. The molecular formula is C23H26N4O. The van der Waals surface area contributed by atoms with Crippen LogP contribution in [0.15, 0.2) is 61.2 Å². The first-order valence-electron chi connectivity index (χ1n) is 10.3. The Morgan fingerprint density at radius 2 is 1.57 bits per heavy atom. The van der Waals surface area contributed by atoms with Gasteiger partial charge in [-0.2, -0.15) is 0 Å². The quantitative estimate of drug-likeness (QED) is 0.691. The molecule has 0 radical (unpaired) electrons. The number of rotatable bonds is 4. The van der Waals surface area contributed by atoms with Crippen molar-refractivity contribution in [2.45, 2.75) is 31.3 Å². The summed E-state index contributed by atoms with van der Waals surface area (Å²) in [4.78, 5) is 11.7. The van der Waals surface area contributed by atoms with Crippen molar-refractivity contribution < 1.29 is 4.74 Å². The number of piperidine rings is 1. The molecule has 2 saturated heterocycles. The van der Waals surface area contributed by atoms with Crippen LogP contribution < -0.4 is 0 Å². The van der Waals surface area contributed by atoms with E-state index in [-0.39, 0.29) is 6.04 Å². The molecule has 2 atom stereocenters. The zero-order chi connectivity index (χ0) is 18.8. The molecule has 2 aliphatic rings. The van der Waals surface area contributed by atoms with Crippen LogP contribution in [0, 0.1) is 0 Å². The van der Waals surface area contributed by atoms with Gasteiger partial charge in [0.05, 0.1) is 43.0 Å². The fourth-order valence-corrected chi connectivity index (χ4v) is 4.61. The molecule has 0 aliphatic carbocycles. The largest absolute Gasteiger partial charge is 0.378 e. The van der Waals surface area contributed by atoms with Crippen molar-refractivity contribution in [1.82, 2.24) is 19.4 Å². The Balaban J connectivity index is 1.58. The summed E-state index contributed by atoms with van der Waals surface area (Å²) in [5.41, 5.74) is 4.47. The summed E-state index contributed by atoms with van der Waals surface area (Å²) in [7, 11) is 0. The number of hydrogen-bond acceptors (Lipinski definition) is 4. The average Bonchev–Trinajstić information content (AvgIpc) is 3.43. The number of imidazole rings is 1. The Hall–Kier alpha value is -2.50. The van der Waals surface area contributed by atoms with Gasteiger partial charge < -0.3 is 9.30 Å². The fourth-order valence-electron chi connectivity index (χ4n) is 4.61. The second-order valence-electron chi connectivity index (χ2n) is 7.72. The molecule has 0 unspecified atom stereocenters. The zero-order valence-corrected chi connectivity index (χ0v) is 16.1. The van der Waals surface area contributed by atoms with Crippen molar-refractivity contribution in [3.8, 4) is 22.5 Å². The summed E-state index contributed by atoms with van der Waals surface area (Å²) in [6.07, 6.45) is 9.65. The highest BCUT2D eigenvalue weighted by atomic mass is 16.5. The number of aromatic nitrogens is 3. The Morgan fingerprint density at radius 3 is 2.36 bits per heavy atom. The molecule has 1 aromatic carbocycles. The van der Waals surface area contributed by atoms with E-state index in [9.17, 15) is 0 Å². The molecule has 0 N–H and O–H groups in total. The van der Waals surface area contributed by atoms with Crippen LogP contribution in [0.5, 0.6) is 0 Å². The predicted molar refractivity (Wildman–Crippen MR) is 110 cm³/mol. The molecule has 144 valence electrons. The number of hydrogen-bond donors (Lipinski definition) is 0. The van der Waals surface area contributed by atoms with E-state index in [1.165, 1.54) is 32.4 Å². The SMILES string of the molecule is c1ccc(-c2ncn([C@H]3COC[C@@H]3N3CCCCC3)c2-c2ccncc2)cc1. The monoisotopic (exact) mass is 374 g/mol. The molecule has 5 heteroatoms. The van der Waals surface area contributed by atoms with E-state index in [1.807, 2.05) is 24.8 Å². The van der Waals surface area contributed by atoms with E-state index < -0.39 is 0 Å². The highest BCUT2D eigenvalue weighted by Crippen LogP contribution is 2.36. The van der Waals surface area contributed by atoms with E-state index >= 15 is 0 Å². The average molecular weight is 374 g/mol. The Bertz CT molecular complexity index is 903. The van der Waals surface area contributed by atoms with E-state index in [1.54, 1.807) is 0 Å². The molecule has 5 rings (SSSR count). The molecule has 2 aliphatic heterocycles. The van der Waals surface area contributed by atoms with Crippen molar-refractivity contribution in [3.63, 3.8) is 0 Å². The highest BCUT2D eigenvalue weighted by Gasteiger charge is 2.36. The van der Waals surface area contributed by atoms with Gasteiger partial charge >= 0.3 is 0 Å². The number of pyridine rings is 1. The first kappa shape index (κ1) is 17.6. The molecule has 4 heterocycles. The minimum Gasteiger partial charge on any atom is -0.378 e. The summed E-state index contributed by atoms with van der Waals surface area (Å²) >= 11 is 0. The highest BCUT2D eigenvalue weighted by molar-refractivity contribution is 5.78. The molecule has 0 spiro atoms. The van der Waals surface area contributed by atoms with Gasteiger partial charge in [0.25, 0.3) is 0 Å². The third-order valence-electron chi connectivity index (χ3n) is 6.03. The number of nitrogens with zero attached hydrogens (tertiary/aromatic N) is 4. The van der Waals surface area contributed by atoms with E-state index in [4.69, 9.17) is 9.72 Å². The molecule has 3 aromatic rings.